The van der Waals surface area contributed by atoms with Gasteiger partial charge in [-0.3, -0.25) is 14.7 Å². The minimum Gasteiger partial charge on any atom is -0.461 e. The standard InChI is InChI=1S/C27H32N2O8/c1-3-12-13-8-16-23-27(14-6-4-5-7-15(14)28-23)9-17(19(13)24(27)35-11(2)31)29(16)25(12)37-26-22(34)21(33)20(32)18(10-30)36-26/h3-7,13,16-22,24-26,30,32-34H,8-10H2,1-2H3/t13-,16-,17-,18+,19?,20+,21-,22+,24?,25+,26-,27+/m0/s1. The van der Waals surface area contributed by atoms with Crippen LogP contribution in [0.3, 0.4) is 0 Å². The average molecular weight is 513 g/mol. The van der Waals surface area contributed by atoms with Crippen LogP contribution in [0.5, 0.6) is 0 Å². The number of carbonyl (C=O) groups is 1. The molecule has 10 nitrogen and oxygen atoms in total. The monoisotopic (exact) mass is 512 g/mol. The second kappa shape index (κ2) is 8.16. The Morgan fingerprint density at radius 2 is 2.03 bits per heavy atom. The molecule has 10 heteroatoms. The summed E-state index contributed by atoms with van der Waals surface area (Å²) in [6.07, 6.45) is -4.07. The van der Waals surface area contributed by atoms with Crippen LogP contribution in [0.4, 0.5) is 5.69 Å². The van der Waals surface area contributed by atoms with E-state index in [2.05, 4.69) is 11.0 Å². The maximum atomic E-state index is 12.4. The Morgan fingerprint density at radius 1 is 1.24 bits per heavy atom. The third-order valence-corrected chi connectivity index (χ3v) is 9.62. The first-order valence-electron chi connectivity index (χ1n) is 13.1. The molecule has 1 saturated carbocycles. The van der Waals surface area contributed by atoms with Crippen molar-refractivity contribution in [1.29, 1.82) is 0 Å². The third-order valence-electron chi connectivity index (χ3n) is 9.62. The van der Waals surface area contributed by atoms with Crippen molar-refractivity contribution in [2.24, 2.45) is 16.8 Å². The van der Waals surface area contributed by atoms with Gasteiger partial charge >= 0.3 is 5.97 Å². The van der Waals surface area contributed by atoms with Gasteiger partial charge in [-0.05, 0) is 42.9 Å². The number of fused-ring (bicyclic) bond motifs is 2. The Labute approximate surface area is 214 Å². The lowest BCUT2D eigenvalue weighted by Crippen LogP contribution is -2.70. The summed E-state index contributed by atoms with van der Waals surface area (Å²) in [7, 11) is 0. The molecule has 198 valence electrons. The number of aliphatic hydroxyl groups is 4. The largest absolute Gasteiger partial charge is 0.461 e. The highest BCUT2D eigenvalue weighted by atomic mass is 16.7. The number of aliphatic imine (C=N–C) groups is 1. The van der Waals surface area contributed by atoms with Gasteiger partial charge in [0.05, 0.1) is 29.5 Å². The molecule has 5 bridgehead atoms. The van der Waals surface area contributed by atoms with Crippen LogP contribution < -0.4 is 0 Å². The summed E-state index contributed by atoms with van der Waals surface area (Å²) in [4.78, 5) is 19.8. The van der Waals surface area contributed by atoms with Crippen molar-refractivity contribution in [1.82, 2.24) is 4.90 Å². The first-order valence-corrected chi connectivity index (χ1v) is 13.1. The summed E-state index contributed by atoms with van der Waals surface area (Å²) in [5.74, 6) is -0.176. The number of hydrogen-bond acceptors (Lipinski definition) is 10. The molecule has 1 aliphatic carbocycles. The van der Waals surface area contributed by atoms with Gasteiger partial charge in [0.2, 0.25) is 0 Å². The Kier molecular flexibility index (Phi) is 5.27. The van der Waals surface area contributed by atoms with Crippen molar-refractivity contribution in [3.8, 4) is 0 Å². The first-order chi connectivity index (χ1) is 17.8. The van der Waals surface area contributed by atoms with Gasteiger partial charge in [0.1, 0.15) is 36.7 Å². The molecule has 3 unspecified atom stereocenters. The van der Waals surface area contributed by atoms with Gasteiger partial charge in [0.15, 0.2) is 6.29 Å². The number of benzene rings is 1. The minimum absolute atomic E-state index is 0.0495. The van der Waals surface area contributed by atoms with E-state index in [9.17, 15) is 25.2 Å². The smallest absolute Gasteiger partial charge is 0.302 e. The highest BCUT2D eigenvalue weighted by Gasteiger charge is 2.75. The SMILES string of the molecule is CC=C1[C@@H](O[C@@H]2O[C@H](CO)[C@@H](O)[C@H](O)[C@H]2O)N2[C@H]3C[C@@H]1C1C(OC(C)=O)[C@@]4(C[C@@H]12)C3=Nc1ccccc14. The van der Waals surface area contributed by atoms with Gasteiger partial charge in [-0.15, -0.1) is 0 Å². The van der Waals surface area contributed by atoms with E-state index in [1.807, 2.05) is 31.2 Å². The fourth-order valence-electron chi connectivity index (χ4n) is 8.32. The predicted octanol–water partition coefficient (Wildman–Crippen LogP) is 0.137. The molecule has 0 aromatic heterocycles. The van der Waals surface area contributed by atoms with Crippen LogP contribution in [0.15, 0.2) is 40.9 Å². The predicted molar refractivity (Wildman–Crippen MR) is 129 cm³/mol. The van der Waals surface area contributed by atoms with Gasteiger partial charge in [-0.2, -0.15) is 0 Å². The normalized spacial score (nSPS) is 49.7. The number of rotatable bonds is 4. The molecule has 7 aliphatic rings. The van der Waals surface area contributed by atoms with E-state index < -0.39 is 49.0 Å². The number of nitrogens with zero attached hydrogens (tertiary/aromatic N) is 2. The Balaban J connectivity index is 1.30. The summed E-state index contributed by atoms with van der Waals surface area (Å²) in [5, 5.41) is 40.9. The molecule has 0 amide bonds. The molecule has 8 rings (SSSR count). The van der Waals surface area contributed by atoms with Crippen LogP contribution in [0.1, 0.15) is 32.3 Å². The maximum absolute atomic E-state index is 12.4. The lowest BCUT2D eigenvalue weighted by atomic mass is 9.66. The topological polar surface area (TPSA) is 141 Å². The number of ether oxygens (including phenoxy) is 3. The molecule has 6 heterocycles. The van der Waals surface area contributed by atoms with Gasteiger partial charge < -0.3 is 34.6 Å². The molecular formula is C27H32N2O8. The molecule has 37 heavy (non-hydrogen) atoms. The third kappa shape index (κ3) is 2.95. The van der Waals surface area contributed by atoms with Crippen molar-refractivity contribution in [3.05, 3.63) is 41.5 Å². The van der Waals surface area contributed by atoms with Crippen LogP contribution in [-0.4, -0.2) is 98.7 Å². The first kappa shape index (κ1) is 23.9. The highest BCUT2D eigenvalue weighted by Crippen LogP contribution is 2.67. The molecule has 6 aliphatic heterocycles. The van der Waals surface area contributed by atoms with Gasteiger partial charge in [0.25, 0.3) is 0 Å². The molecule has 1 aromatic rings. The summed E-state index contributed by atoms with van der Waals surface area (Å²) < 4.78 is 18.3. The number of allylic oxidation sites excluding steroid dienone is 1. The minimum atomic E-state index is -1.52. The van der Waals surface area contributed by atoms with Crippen molar-refractivity contribution < 1.29 is 39.4 Å². The number of hydrogen-bond donors (Lipinski definition) is 4. The number of para-hydroxylation sites is 1. The lowest BCUT2D eigenvalue weighted by molar-refractivity contribution is -0.328. The number of esters is 1. The Hall–Kier alpha value is -2.18. The van der Waals surface area contributed by atoms with E-state index in [0.29, 0.717) is 0 Å². The van der Waals surface area contributed by atoms with E-state index in [1.54, 1.807) is 0 Å². The van der Waals surface area contributed by atoms with Crippen molar-refractivity contribution >= 4 is 17.4 Å². The molecule has 1 spiro atoms. The van der Waals surface area contributed by atoms with E-state index in [1.165, 1.54) is 6.92 Å². The van der Waals surface area contributed by atoms with Gasteiger partial charge in [0, 0.05) is 18.9 Å². The highest BCUT2D eigenvalue weighted by molar-refractivity contribution is 6.08. The van der Waals surface area contributed by atoms with E-state index >= 15 is 0 Å². The molecular weight excluding hydrogens is 480 g/mol. The molecule has 6 fully saturated rings. The summed E-state index contributed by atoms with van der Waals surface area (Å²) >= 11 is 0. The summed E-state index contributed by atoms with van der Waals surface area (Å²) in [5.41, 5.74) is 3.57. The van der Waals surface area contributed by atoms with Crippen LogP contribution in [0.2, 0.25) is 0 Å². The number of aliphatic hydroxyl groups excluding tert-OH is 4. The number of piperidine rings is 4. The molecule has 0 radical (unpaired) electrons. The van der Waals surface area contributed by atoms with E-state index in [-0.39, 0.29) is 36.0 Å². The zero-order valence-electron chi connectivity index (χ0n) is 20.7. The van der Waals surface area contributed by atoms with Gasteiger partial charge in [-0.25, -0.2) is 0 Å². The summed E-state index contributed by atoms with van der Waals surface area (Å²) in [6.45, 7) is 2.89. The fraction of sp³-hybridized carbons (Fsp3) is 0.630. The van der Waals surface area contributed by atoms with Crippen LogP contribution in [-0.2, 0) is 24.4 Å². The Bertz CT molecular complexity index is 1200. The average Bonchev–Trinajstić information content (AvgIpc) is 3.36. The van der Waals surface area contributed by atoms with Crippen LogP contribution >= 0.6 is 0 Å². The fourth-order valence-corrected chi connectivity index (χ4v) is 8.32. The zero-order valence-corrected chi connectivity index (χ0v) is 20.7. The second-order valence-electron chi connectivity index (χ2n) is 11.1. The molecule has 4 N–H and O–H groups in total. The summed E-state index contributed by atoms with van der Waals surface area (Å²) in [6, 6.07) is 8.10. The van der Waals surface area contributed by atoms with E-state index in [0.717, 1.165) is 35.4 Å². The maximum Gasteiger partial charge on any atom is 0.302 e. The number of carbonyl (C=O) groups excluding carboxylic acids is 1. The molecule has 13 atom stereocenters. The molecule has 5 saturated heterocycles. The molecule has 1 aromatic carbocycles. The van der Waals surface area contributed by atoms with Crippen molar-refractivity contribution in [3.63, 3.8) is 0 Å². The van der Waals surface area contributed by atoms with Crippen molar-refractivity contribution in [2.45, 2.75) is 87.2 Å². The Morgan fingerprint density at radius 3 is 2.76 bits per heavy atom. The van der Waals surface area contributed by atoms with Crippen LogP contribution in [0, 0.1) is 11.8 Å². The quantitative estimate of drug-likeness (QED) is 0.327. The lowest BCUT2D eigenvalue weighted by Gasteiger charge is -2.59. The van der Waals surface area contributed by atoms with Gasteiger partial charge in [-0.1, -0.05) is 24.3 Å². The van der Waals surface area contributed by atoms with Crippen molar-refractivity contribution in [2.75, 3.05) is 6.61 Å². The zero-order chi connectivity index (χ0) is 25.8. The van der Waals surface area contributed by atoms with E-state index in [4.69, 9.17) is 19.2 Å². The van der Waals surface area contributed by atoms with Crippen LogP contribution in [0.25, 0.3) is 0 Å². The second-order valence-corrected chi connectivity index (χ2v) is 11.1.